The fourth-order valence-corrected chi connectivity index (χ4v) is 2.25. The van der Waals surface area contributed by atoms with Gasteiger partial charge in [-0.1, -0.05) is 0 Å². The maximum absolute atomic E-state index is 12.5. The van der Waals surface area contributed by atoms with Gasteiger partial charge in [0.1, 0.15) is 0 Å². The normalized spacial score (nSPS) is 24.1. The van der Waals surface area contributed by atoms with E-state index in [0.29, 0.717) is 5.70 Å². The molecule has 114 valence electrons. The first kappa shape index (κ1) is 16.5. The summed E-state index contributed by atoms with van der Waals surface area (Å²) in [6, 6.07) is 0. The van der Waals surface area contributed by atoms with E-state index in [4.69, 9.17) is 0 Å². The summed E-state index contributed by atoms with van der Waals surface area (Å²) in [5.41, 5.74) is 0.319. The Kier molecular flexibility index (Phi) is 5.59. The van der Waals surface area contributed by atoms with Gasteiger partial charge in [0.15, 0.2) is 0 Å². The van der Waals surface area contributed by atoms with Gasteiger partial charge in [0, 0.05) is 17.7 Å². The summed E-state index contributed by atoms with van der Waals surface area (Å²) in [7, 11) is 1.21. The number of carbonyl (C=O) groups excluding carboxylic acids is 2. The molecule has 1 aliphatic carbocycles. The molecule has 1 saturated carbocycles. The van der Waals surface area contributed by atoms with Crippen LogP contribution in [-0.2, 0) is 14.3 Å². The van der Waals surface area contributed by atoms with Crippen molar-refractivity contribution >= 4 is 11.9 Å². The van der Waals surface area contributed by atoms with Gasteiger partial charge in [0.25, 0.3) is 0 Å². The average molecular weight is 293 g/mol. The number of hydrogen-bond acceptors (Lipinski definition) is 3. The number of ether oxygens (including phenoxy) is 1. The van der Waals surface area contributed by atoms with E-state index < -0.39 is 24.0 Å². The van der Waals surface area contributed by atoms with Gasteiger partial charge in [0.05, 0.1) is 13.0 Å². The highest BCUT2D eigenvalue weighted by Gasteiger charge is 2.42. The molecule has 1 rings (SSSR count). The Morgan fingerprint density at radius 1 is 1.20 bits per heavy atom. The first-order valence-electron chi connectivity index (χ1n) is 6.38. The minimum absolute atomic E-state index is 0.0264. The third-order valence-electron chi connectivity index (χ3n) is 3.42. The third-order valence-corrected chi connectivity index (χ3v) is 3.42. The highest BCUT2D eigenvalue weighted by molar-refractivity contribution is 5.85. The zero-order chi connectivity index (χ0) is 15.3. The number of rotatable bonds is 3. The standard InChI is InChI=1S/C13H18F3NO3/c1-8(7-11(18)20-2)17-12(19)9-3-5-10(6-4-9)13(14,15)16/h7,9-10H,3-6H2,1-2H3,(H,17,19). The molecule has 1 N–H and O–H groups in total. The first-order chi connectivity index (χ1) is 9.24. The molecule has 1 fully saturated rings. The summed E-state index contributed by atoms with van der Waals surface area (Å²) < 4.78 is 41.9. The van der Waals surface area contributed by atoms with Crippen LogP contribution in [0.3, 0.4) is 0 Å². The molecular weight excluding hydrogens is 275 g/mol. The van der Waals surface area contributed by atoms with E-state index in [1.807, 2.05) is 0 Å². The number of hydrogen-bond donors (Lipinski definition) is 1. The van der Waals surface area contributed by atoms with Gasteiger partial charge >= 0.3 is 12.1 Å². The van der Waals surface area contributed by atoms with E-state index in [2.05, 4.69) is 10.1 Å². The summed E-state index contributed by atoms with van der Waals surface area (Å²) in [5.74, 6) is -2.68. The topological polar surface area (TPSA) is 55.4 Å². The molecule has 4 nitrogen and oxygen atoms in total. The van der Waals surface area contributed by atoms with Gasteiger partial charge in [-0.15, -0.1) is 0 Å². The molecule has 0 aliphatic heterocycles. The second kappa shape index (κ2) is 6.76. The van der Waals surface area contributed by atoms with E-state index in [9.17, 15) is 22.8 Å². The molecule has 0 heterocycles. The Bertz CT molecular complexity index is 396. The lowest BCUT2D eigenvalue weighted by atomic mass is 9.81. The number of amides is 1. The van der Waals surface area contributed by atoms with Crippen molar-refractivity contribution in [3.8, 4) is 0 Å². The zero-order valence-electron chi connectivity index (χ0n) is 11.4. The largest absolute Gasteiger partial charge is 0.466 e. The number of methoxy groups -OCH3 is 1. The van der Waals surface area contributed by atoms with Crippen LogP contribution in [0.15, 0.2) is 11.8 Å². The molecule has 0 aromatic heterocycles. The van der Waals surface area contributed by atoms with Crippen molar-refractivity contribution < 1.29 is 27.5 Å². The van der Waals surface area contributed by atoms with Crippen LogP contribution < -0.4 is 5.32 Å². The van der Waals surface area contributed by atoms with Crippen LogP contribution in [-0.4, -0.2) is 25.2 Å². The van der Waals surface area contributed by atoms with Crippen LogP contribution in [0, 0.1) is 11.8 Å². The molecule has 0 radical (unpaired) electrons. The van der Waals surface area contributed by atoms with Crippen LogP contribution >= 0.6 is 0 Å². The fourth-order valence-electron chi connectivity index (χ4n) is 2.25. The molecule has 0 aromatic carbocycles. The van der Waals surface area contributed by atoms with Crippen molar-refractivity contribution in [2.24, 2.45) is 11.8 Å². The monoisotopic (exact) mass is 293 g/mol. The Balaban J connectivity index is 2.47. The van der Waals surface area contributed by atoms with E-state index in [1.54, 1.807) is 0 Å². The Morgan fingerprint density at radius 3 is 2.20 bits per heavy atom. The third kappa shape index (κ3) is 4.86. The zero-order valence-corrected chi connectivity index (χ0v) is 11.4. The molecule has 0 spiro atoms. The van der Waals surface area contributed by atoms with Crippen molar-refractivity contribution in [3.63, 3.8) is 0 Å². The number of esters is 1. The molecule has 0 unspecified atom stereocenters. The first-order valence-corrected chi connectivity index (χ1v) is 6.38. The van der Waals surface area contributed by atoms with Crippen molar-refractivity contribution in [1.29, 1.82) is 0 Å². The smallest absolute Gasteiger partial charge is 0.391 e. The number of halogens is 3. The lowest BCUT2D eigenvalue weighted by Gasteiger charge is -2.29. The summed E-state index contributed by atoms with van der Waals surface area (Å²) in [5, 5.41) is 2.51. The molecule has 7 heteroatoms. The average Bonchev–Trinajstić information content (AvgIpc) is 2.37. The lowest BCUT2D eigenvalue weighted by Crippen LogP contribution is -2.35. The second-order valence-corrected chi connectivity index (χ2v) is 4.93. The predicted molar refractivity (Wildman–Crippen MR) is 65.4 cm³/mol. The van der Waals surface area contributed by atoms with Gasteiger partial charge in [0.2, 0.25) is 5.91 Å². The van der Waals surface area contributed by atoms with Crippen molar-refractivity contribution in [2.45, 2.75) is 38.8 Å². The Labute approximate surface area is 115 Å². The molecule has 20 heavy (non-hydrogen) atoms. The van der Waals surface area contributed by atoms with Crippen LogP contribution in [0.2, 0.25) is 0 Å². The molecule has 1 amide bonds. The molecule has 1 aliphatic rings. The Hall–Kier alpha value is -1.53. The molecular formula is C13H18F3NO3. The highest BCUT2D eigenvalue weighted by atomic mass is 19.4. The lowest BCUT2D eigenvalue weighted by molar-refractivity contribution is -0.184. The fraction of sp³-hybridized carbons (Fsp3) is 0.692. The van der Waals surface area contributed by atoms with Crippen molar-refractivity contribution in [2.75, 3.05) is 7.11 Å². The molecule has 0 bridgehead atoms. The Morgan fingerprint density at radius 2 is 1.75 bits per heavy atom. The summed E-state index contributed by atoms with van der Waals surface area (Å²) in [6.45, 7) is 1.52. The quantitative estimate of drug-likeness (QED) is 0.642. The van der Waals surface area contributed by atoms with E-state index in [1.165, 1.54) is 14.0 Å². The van der Waals surface area contributed by atoms with E-state index in [0.717, 1.165) is 6.08 Å². The maximum Gasteiger partial charge on any atom is 0.391 e. The SMILES string of the molecule is COC(=O)C=C(C)NC(=O)C1CCC(C(F)(F)F)CC1. The van der Waals surface area contributed by atoms with Gasteiger partial charge in [-0.3, -0.25) is 4.79 Å². The van der Waals surface area contributed by atoms with Gasteiger partial charge in [-0.05, 0) is 32.6 Å². The van der Waals surface area contributed by atoms with Crippen LogP contribution in [0.1, 0.15) is 32.6 Å². The highest BCUT2D eigenvalue weighted by Crippen LogP contribution is 2.39. The second-order valence-electron chi connectivity index (χ2n) is 4.93. The molecule has 0 atom stereocenters. The predicted octanol–water partition coefficient (Wildman–Crippen LogP) is 2.55. The maximum atomic E-state index is 12.5. The van der Waals surface area contributed by atoms with Crippen LogP contribution in [0.25, 0.3) is 0 Å². The molecule has 0 saturated heterocycles. The van der Waals surface area contributed by atoms with Crippen molar-refractivity contribution in [3.05, 3.63) is 11.8 Å². The van der Waals surface area contributed by atoms with Crippen LogP contribution in [0.5, 0.6) is 0 Å². The van der Waals surface area contributed by atoms with Gasteiger partial charge in [-0.25, -0.2) is 4.79 Å². The minimum Gasteiger partial charge on any atom is -0.466 e. The summed E-state index contributed by atoms with van der Waals surface area (Å²) in [6.07, 6.45) is -2.69. The number of carbonyl (C=O) groups is 2. The van der Waals surface area contributed by atoms with E-state index >= 15 is 0 Å². The number of nitrogens with one attached hydrogen (secondary N) is 1. The number of allylic oxidation sites excluding steroid dienone is 1. The number of alkyl halides is 3. The van der Waals surface area contributed by atoms with E-state index in [-0.39, 0.29) is 31.6 Å². The minimum atomic E-state index is -4.18. The molecule has 0 aromatic rings. The van der Waals surface area contributed by atoms with Gasteiger partial charge < -0.3 is 10.1 Å². The van der Waals surface area contributed by atoms with Crippen LogP contribution in [0.4, 0.5) is 13.2 Å². The summed E-state index contributed by atoms with van der Waals surface area (Å²) >= 11 is 0. The van der Waals surface area contributed by atoms with Gasteiger partial charge in [-0.2, -0.15) is 13.2 Å². The van der Waals surface area contributed by atoms with Crippen molar-refractivity contribution in [1.82, 2.24) is 5.32 Å². The summed E-state index contributed by atoms with van der Waals surface area (Å²) in [4.78, 5) is 22.8.